The van der Waals surface area contributed by atoms with E-state index in [2.05, 4.69) is 15.6 Å². The first-order valence-corrected chi connectivity index (χ1v) is 11.7. The topological polar surface area (TPSA) is 107 Å². The van der Waals surface area contributed by atoms with Crippen LogP contribution in [0, 0.1) is 20.8 Å². The molecule has 0 aliphatic carbocycles. The van der Waals surface area contributed by atoms with E-state index < -0.39 is 0 Å². The van der Waals surface area contributed by atoms with Crippen LogP contribution in [0.1, 0.15) is 57.5 Å². The van der Waals surface area contributed by atoms with Crippen molar-refractivity contribution in [3.63, 3.8) is 0 Å². The van der Waals surface area contributed by atoms with Gasteiger partial charge in [-0.3, -0.25) is 9.59 Å². The highest BCUT2D eigenvalue weighted by molar-refractivity contribution is 6.05. The summed E-state index contributed by atoms with van der Waals surface area (Å²) in [5, 5.41) is 5.76. The van der Waals surface area contributed by atoms with Crippen LogP contribution in [-0.4, -0.2) is 22.9 Å². The zero-order valence-electron chi connectivity index (χ0n) is 21.0. The van der Waals surface area contributed by atoms with Crippen LogP contribution in [0.5, 0.6) is 5.75 Å². The normalized spacial score (nSPS) is 10.9. The predicted molar refractivity (Wildman–Crippen MR) is 136 cm³/mol. The van der Waals surface area contributed by atoms with Crippen LogP contribution in [0.4, 0.5) is 5.69 Å². The molecular weight excluding hydrogens is 458 g/mol. The van der Waals surface area contributed by atoms with Crippen molar-refractivity contribution in [2.45, 2.75) is 47.3 Å². The number of amides is 2. The molecule has 8 heteroatoms. The molecule has 0 radical (unpaired) electrons. The fourth-order valence-corrected chi connectivity index (χ4v) is 3.72. The van der Waals surface area contributed by atoms with Gasteiger partial charge in [0.05, 0.1) is 18.2 Å². The number of ether oxygens (including phenoxy) is 1. The number of carbonyl (C=O) groups excluding carboxylic acids is 2. The Kier molecular flexibility index (Phi) is 7.24. The smallest absolute Gasteiger partial charge is 0.259 e. The molecule has 4 aromatic rings. The van der Waals surface area contributed by atoms with Gasteiger partial charge in [0.25, 0.3) is 11.8 Å². The zero-order chi connectivity index (χ0) is 25.8. The summed E-state index contributed by atoms with van der Waals surface area (Å²) >= 11 is 0. The lowest BCUT2D eigenvalue weighted by molar-refractivity contribution is 0.0949. The number of nitrogens with zero attached hydrogens (tertiary/aromatic N) is 1. The SMILES string of the molecule is Cc1cc(C(=O)Nc2cccc(-c3nc(CNC(=O)c4ccc(OC(C)C)cc4)c(C)o3)c2)c(C)o1. The molecule has 2 heterocycles. The van der Waals surface area contributed by atoms with Crippen LogP contribution in [-0.2, 0) is 6.54 Å². The minimum Gasteiger partial charge on any atom is -0.491 e. The van der Waals surface area contributed by atoms with Gasteiger partial charge in [0.1, 0.15) is 28.7 Å². The van der Waals surface area contributed by atoms with E-state index in [0.717, 1.165) is 0 Å². The summed E-state index contributed by atoms with van der Waals surface area (Å²) in [6, 6.07) is 15.9. The second-order valence-corrected chi connectivity index (χ2v) is 8.76. The van der Waals surface area contributed by atoms with Gasteiger partial charge in [-0.2, -0.15) is 0 Å². The van der Waals surface area contributed by atoms with Crippen LogP contribution in [0.25, 0.3) is 11.5 Å². The Morgan fingerprint density at radius 3 is 2.36 bits per heavy atom. The van der Waals surface area contributed by atoms with Crippen molar-refractivity contribution in [2.75, 3.05) is 5.32 Å². The minimum absolute atomic E-state index is 0.0656. The standard InChI is InChI=1S/C28H29N3O5/c1-16(2)34-23-11-9-20(10-12-23)26(32)29-15-25-19(5)36-28(31-25)21-7-6-8-22(14-21)30-27(33)24-13-17(3)35-18(24)4/h6-14,16H,15H2,1-5H3,(H,29,32)(H,30,33). The summed E-state index contributed by atoms with van der Waals surface area (Å²) in [6.07, 6.45) is 0.0656. The van der Waals surface area contributed by atoms with Crippen LogP contribution in [0.15, 0.2) is 63.4 Å². The maximum atomic E-state index is 12.6. The van der Waals surface area contributed by atoms with E-state index in [1.54, 1.807) is 63.2 Å². The van der Waals surface area contributed by atoms with Gasteiger partial charge in [-0.15, -0.1) is 0 Å². The van der Waals surface area contributed by atoms with E-state index in [1.165, 1.54) is 0 Å². The summed E-state index contributed by atoms with van der Waals surface area (Å²) in [7, 11) is 0. The molecule has 0 saturated heterocycles. The van der Waals surface area contributed by atoms with E-state index in [4.69, 9.17) is 13.6 Å². The lowest BCUT2D eigenvalue weighted by atomic mass is 10.2. The van der Waals surface area contributed by atoms with Gasteiger partial charge in [-0.25, -0.2) is 4.98 Å². The van der Waals surface area contributed by atoms with Gasteiger partial charge < -0.3 is 24.2 Å². The number of hydrogen-bond donors (Lipinski definition) is 2. The van der Waals surface area contributed by atoms with Crippen molar-refractivity contribution in [3.8, 4) is 17.2 Å². The summed E-state index contributed by atoms with van der Waals surface area (Å²) in [6.45, 7) is 9.46. The number of nitrogens with one attached hydrogen (secondary N) is 2. The van der Waals surface area contributed by atoms with Crippen molar-refractivity contribution >= 4 is 17.5 Å². The molecular formula is C28H29N3O5. The average molecular weight is 488 g/mol. The quantitative estimate of drug-likeness (QED) is 0.324. The van der Waals surface area contributed by atoms with Crippen molar-refractivity contribution in [1.82, 2.24) is 10.3 Å². The lowest BCUT2D eigenvalue weighted by Gasteiger charge is -2.10. The number of oxazole rings is 1. The highest BCUT2D eigenvalue weighted by Gasteiger charge is 2.16. The maximum Gasteiger partial charge on any atom is 0.259 e. The molecule has 0 atom stereocenters. The number of aryl methyl sites for hydroxylation is 3. The third-order valence-electron chi connectivity index (χ3n) is 5.45. The molecule has 186 valence electrons. The van der Waals surface area contributed by atoms with E-state index >= 15 is 0 Å². The second kappa shape index (κ2) is 10.5. The Hall–Kier alpha value is -4.33. The first kappa shape index (κ1) is 24.8. The van der Waals surface area contributed by atoms with Gasteiger partial charge in [-0.05, 0) is 83.1 Å². The summed E-state index contributed by atoms with van der Waals surface area (Å²) < 4.78 is 16.9. The van der Waals surface area contributed by atoms with Crippen LogP contribution < -0.4 is 15.4 Å². The van der Waals surface area contributed by atoms with Gasteiger partial charge in [0, 0.05) is 16.8 Å². The maximum absolute atomic E-state index is 12.6. The molecule has 2 amide bonds. The van der Waals surface area contributed by atoms with Crippen LogP contribution in [0.2, 0.25) is 0 Å². The van der Waals surface area contributed by atoms with Gasteiger partial charge >= 0.3 is 0 Å². The molecule has 4 rings (SSSR count). The molecule has 2 aromatic carbocycles. The van der Waals surface area contributed by atoms with Gasteiger partial charge in [0.15, 0.2) is 0 Å². The van der Waals surface area contributed by atoms with Crippen molar-refractivity contribution < 1.29 is 23.2 Å². The molecule has 36 heavy (non-hydrogen) atoms. The molecule has 0 bridgehead atoms. The Morgan fingerprint density at radius 2 is 1.69 bits per heavy atom. The second-order valence-electron chi connectivity index (χ2n) is 8.76. The number of hydrogen-bond acceptors (Lipinski definition) is 6. The van der Waals surface area contributed by atoms with E-state index in [1.807, 2.05) is 26.0 Å². The summed E-state index contributed by atoms with van der Waals surface area (Å²) in [5.74, 6) is 2.49. The first-order chi connectivity index (χ1) is 17.2. The van der Waals surface area contributed by atoms with Crippen molar-refractivity contribution in [2.24, 2.45) is 0 Å². The lowest BCUT2D eigenvalue weighted by Crippen LogP contribution is -2.23. The Balaban J connectivity index is 1.41. The van der Waals surface area contributed by atoms with E-state index in [9.17, 15) is 9.59 Å². The summed E-state index contributed by atoms with van der Waals surface area (Å²) in [5.41, 5.74) is 2.95. The Labute approximate surface area is 209 Å². The van der Waals surface area contributed by atoms with Crippen LogP contribution in [0.3, 0.4) is 0 Å². The van der Waals surface area contributed by atoms with Gasteiger partial charge in [0.2, 0.25) is 5.89 Å². The molecule has 2 aromatic heterocycles. The number of aromatic nitrogens is 1. The molecule has 0 unspecified atom stereocenters. The minimum atomic E-state index is -0.253. The van der Waals surface area contributed by atoms with Gasteiger partial charge in [-0.1, -0.05) is 6.07 Å². The largest absolute Gasteiger partial charge is 0.491 e. The average Bonchev–Trinajstić information content (AvgIpc) is 3.38. The molecule has 0 spiro atoms. The highest BCUT2D eigenvalue weighted by Crippen LogP contribution is 2.25. The number of anilines is 1. The zero-order valence-corrected chi connectivity index (χ0v) is 21.0. The highest BCUT2D eigenvalue weighted by atomic mass is 16.5. The van der Waals surface area contributed by atoms with E-state index in [-0.39, 0.29) is 24.5 Å². The molecule has 2 N–H and O–H groups in total. The molecule has 8 nitrogen and oxygen atoms in total. The summed E-state index contributed by atoms with van der Waals surface area (Å²) in [4.78, 5) is 29.8. The number of furan rings is 1. The predicted octanol–water partition coefficient (Wildman–Crippen LogP) is 5.83. The van der Waals surface area contributed by atoms with E-state index in [0.29, 0.717) is 57.0 Å². The Morgan fingerprint density at radius 1 is 0.944 bits per heavy atom. The van der Waals surface area contributed by atoms with Crippen molar-refractivity contribution in [1.29, 1.82) is 0 Å². The first-order valence-electron chi connectivity index (χ1n) is 11.7. The monoisotopic (exact) mass is 487 g/mol. The third kappa shape index (κ3) is 5.83. The molecule has 0 aliphatic heterocycles. The molecule has 0 fully saturated rings. The number of rotatable bonds is 8. The van der Waals surface area contributed by atoms with Crippen molar-refractivity contribution in [3.05, 3.63) is 88.7 Å². The fraction of sp³-hybridized carbons (Fsp3) is 0.250. The third-order valence-corrected chi connectivity index (χ3v) is 5.45. The fourth-order valence-electron chi connectivity index (χ4n) is 3.72. The Bertz CT molecular complexity index is 1380. The number of benzene rings is 2. The molecule has 0 aliphatic rings. The molecule has 0 saturated carbocycles. The van der Waals surface area contributed by atoms with Crippen LogP contribution >= 0.6 is 0 Å². The number of carbonyl (C=O) groups is 2.